The number of anilines is 1. The van der Waals surface area contributed by atoms with Crippen molar-refractivity contribution in [3.63, 3.8) is 0 Å². The van der Waals surface area contributed by atoms with Crippen LogP contribution in [-0.4, -0.2) is 42.0 Å². The van der Waals surface area contributed by atoms with E-state index in [-0.39, 0.29) is 18.3 Å². The first kappa shape index (κ1) is 24.8. The third-order valence-corrected chi connectivity index (χ3v) is 6.11. The topological polar surface area (TPSA) is 80.5 Å². The largest absolute Gasteiger partial charge is 0.485 e. The van der Waals surface area contributed by atoms with Gasteiger partial charge in [-0.15, -0.1) is 0 Å². The second-order valence-electron chi connectivity index (χ2n) is 7.46. The second kappa shape index (κ2) is 11.9. The van der Waals surface area contributed by atoms with Crippen LogP contribution in [0.25, 0.3) is 11.1 Å². The van der Waals surface area contributed by atoms with E-state index in [1.165, 1.54) is 0 Å². The molecule has 1 amide bonds. The normalized spacial score (nSPS) is 10.9. The number of hydrogen-bond acceptors (Lipinski definition) is 5. The molecule has 0 bridgehead atoms. The predicted octanol–water partition coefficient (Wildman–Crippen LogP) is 5.29. The van der Waals surface area contributed by atoms with Crippen LogP contribution in [0.2, 0.25) is 10.0 Å². The van der Waals surface area contributed by atoms with Crippen LogP contribution < -0.4 is 15.8 Å². The number of nitrogens with zero attached hydrogens (tertiary/aromatic N) is 2. The molecule has 0 unspecified atom stereocenters. The zero-order valence-electron chi connectivity index (χ0n) is 18.8. The Kier molecular flexibility index (Phi) is 8.95. The number of hydrogen-bond donors (Lipinski definition) is 2. The van der Waals surface area contributed by atoms with Crippen molar-refractivity contribution in [2.45, 2.75) is 20.5 Å². The Labute approximate surface area is 204 Å². The van der Waals surface area contributed by atoms with Crippen LogP contribution in [0.3, 0.4) is 0 Å². The average molecular weight is 487 g/mol. The lowest BCUT2D eigenvalue weighted by Crippen LogP contribution is -2.34. The molecule has 6 nitrogen and oxygen atoms in total. The highest BCUT2D eigenvalue weighted by molar-refractivity contribution is 6.35. The number of ether oxygens (including phenoxy) is 1. The molecule has 0 aliphatic heterocycles. The molecule has 174 valence electrons. The van der Waals surface area contributed by atoms with Crippen molar-refractivity contribution >= 4 is 34.9 Å². The lowest BCUT2D eigenvalue weighted by Gasteiger charge is -2.18. The highest BCUT2D eigenvalue weighted by Gasteiger charge is 2.11. The average Bonchev–Trinajstić information content (AvgIpc) is 2.82. The van der Waals surface area contributed by atoms with E-state index in [1.54, 1.807) is 36.5 Å². The summed E-state index contributed by atoms with van der Waals surface area (Å²) in [6.45, 7) is 7.76. The van der Waals surface area contributed by atoms with Crippen molar-refractivity contribution in [2.24, 2.45) is 0 Å². The fourth-order valence-corrected chi connectivity index (χ4v) is 3.84. The molecular formula is C25H28Cl2N4O2. The Morgan fingerprint density at radius 3 is 2.36 bits per heavy atom. The van der Waals surface area contributed by atoms with Crippen LogP contribution in [0.4, 0.5) is 5.82 Å². The Hall–Kier alpha value is -2.80. The maximum absolute atomic E-state index is 12.4. The van der Waals surface area contributed by atoms with Crippen molar-refractivity contribution in [3.05, 3.63) is 75.9 Å². The summed E-state index contributed by atoms with van der Waals surface area (Å²) >= 11 is 12.4. The lowest BCUT2D eigenvalue weighted by atomic mass is 10.0. The van der Waals surface area contributed by atoms with Gasteiger partial charge < -0.3 is 20.7 Å². The fourth-order valence-electron chi connectivity index (χ4n) is 3.33. The van der Waals surface area contributed by atoms with Crippen molar-refractivity contribution in [3.8, 4) is 16.9 Å². The standard InChI is InChI=1S/C25H28Cl2N4O2/c1-3-31(4-2)13-12-29-25(32)18-10-8-17(9-11-18)19-14-23(24(28)30-15-19)33-16-20-21(26)6-5-7-22(20)27/h5-11,14-15H,3-4,12-13,16H2,1-2H3,(H2,28,30)(H,29,32). The molecule has 1 heterocycles. The van der Waals surface area contributed by atoms with Crippen molar-refractivity contribution in [2.75, 3.05) is 31.9 Å². The Morgan fingerprint density at radius 1 is 1.06 bits per heavy atom. The van der Waals surface area contributed by atoms with Gasteiger partial charge in [0.1, 0.15) is 6.61 Å². The van der Waals surface area contributed by atoms with Gasteiger partial charge in [0.05, 0.1) is 0 Å². The van der Waals surface area contributed by atoms with E-state index < -0.39 is 0 Å². The number of nitrogens with two attached hydrogens (primary N) is 1. The number of pyridine rings is 1. The molecule has 1 aromatic heterocycles. The van der Waals surface area contributed by atoms with Crippen LogP contribution in [0, 0.1) is 0 Å². The third kappa shape index (κ3) is 6.60. The number of nitrogen functional groups attached to an aromatic ring is 1. The number of likely N-dealkylation sites (N-methyl/N-ethyl adjacent to an activating group) is 1. The van der Waals surface area contributed by atoms with E-state index in [2.05, 4.69) is 29.0 Å². The van der Waals surface area contributed by atoms with Gasteiger partial charge in [-0.25, -0.2) is 4.98 Å². The minimum absolute atomic E-state index is 0.0928. The van der Waals surface area contributed by atoms with Crippen LogP contribution in [0.15, 0.2) is 54.7 Å². The molecule has 8 heteroatoms. The van der Waals surface area contributed by atoms with Gasteiger partial charge in [0.15, 0.2) is 11.6 Å². The summed E-state index contributed by atoms with van der Waals surface area (Å²) < 4.78 is 5.87. The summed E-state index contributed by atoms with van der Waals surface area (Å²) in [5, 5.41) is 4.01. The van der Waals surface area contributed by atoms with Crippen LogP contribution in [0.5, 0.6) is 5.75 Å². The summed E-state index contributed by atoms with van der Waals surface area (Å²) in [6.07, 6.45) is 1.67. The highest BCUT2D eigenvalue weighted by Crippen LogP contribution is 2.30. The molecule has 0 aliphatic rings. The van der Waals surface area contributed by atoms with Crippen molar-refractivity contribution < 1.29 is 9.53 Å². The summed E-state index contributed by atoms with van der Waals surface area (Å²) in [6, 6.07) is 14.4. The Morgan fingerprint density at radius 2 is 1.73 bits per heavy atom. The molecule has 2 aromatic carbocycles. The lowest BCUT2D eigenvalue weighted by molar-refractivity contribution is 0.0949. The van der Waals surface area contributed by atoms with E-state index in [9.17, 15) is 4.79 Å². The molecule has 0 radical (unpaired) electrons. The quantitative estimate of drug-likeness (QED) is 0.406. The first-order valence-corrected chi connectivity index (χ1v) is 11.6. The van der Waals surface area contributed by atoms with Gasteiger partial charge in [0.2, 0.25) is 0 Å². The molecule has 0 aliphatic carbocycles. The summed E-state index contributed by atoms with van der Waals surface area (Å²) in [4.78, 5) is 18.9. The molecule has 0 spiro atoms. The summed E-state index contributed by atoms with van der Waals surface area (Å²) in [5.41, 5.74) is 9.00. The molecule has 3 rings (SSSR count). The van der Waals surface area contributed by atoms with E-state index in [0.717, 1.165) is 30.8 Å². The maximum Gasteiger partial charge on any atom is 0.251 e. The van der Waals surface area contributed by atoms with E-state index in [1.807, 2.05) is 18.2 Å². The number of carbonyl (C=O) groups excluding carboxylic acids is 1. The molecule has 3 N–H and O–H groups in total. The number of halogens is 2. The van der Waals surface area contributed by atoms with Crippen LogP contribution in [0.1, 0.15) is 29.8 Å². The molecular weight excluding hydrogens is 459 g/mol. The van der Waals surface area contributed by atoms with Gasteiger partial charge in [-0.1, -0.05) is 55.2 Å². The maximum atomic E-state index is 12.4. The number of aromatic nitrogens is 1. The number of nitrogens with one attached hydrogen (secondary N) is 1. The number of benzene rings is 2. The van der Waals surface area contributed by atoms with E-state index >= 15 is 0 Å². The predicted molar refractivity (Wildman–Crippen MR) is 135 cm³/mol. The van der Waals surface area contributed by atoms with Crippen LogP contribution >= 0.6 is 23.2 Å². The fraction of sp³-hybridized carbons (Fsp3) is 0.280. The van der Waals surface area contributed by atoms with Gasteiger partial charge >= 0.3 is 0 Å². The van der Waals surface area contributed by atoms with Gasteiger partial charge in [0.25, 0.3) is 5.91 Å². The molecule has 0 saturated heterocycles. The number of rotatable bonds is 10. The van der Waals surface area contributed by atoms with E-state index in [0.29, 0.717) is 33.5 Å². The first-order chi connectivity index (χ1) is 15.9. The van der Waals surface area contributed by atoms with Gasteiger partial charge in [0, 0.05) is 46.0 Å². The van der Waals surface area contributed by atoms with Gasteiger partial charge in [-0.05, 0) is 49.0 Å². The van der Waals surface area contributed by atoms with Gasteiger partial charge in [-0.3, -0.25) is 4.79 Å². The molecule has 0 atom stereocenters. The Bertz CT molecular complexity index is 1070. The van der Waals surface area contributed by atoms with Gasteiger partial charge in [-0.2, -0.15) is 0 Å². The smallest absolute Gasteiger partial charge is 0.251 e. The zero-order chi connectivity index (χ0) is 23.8. The Balaban J connectivity index is 1.66. The molecule has 0 saturated carbocycles. The summed E-state index contributed by atoms with van der Waals surface area (Å²) in [5.74, 6) is 0.609. The van der Waals surface area contributed by atoms with Crippen molar-refractivity contribution in [1.29, 1.82) is 0 Å². The molecule has 3 aromatic rings. The zero-order valence-corrected chi connectivity index (χ0v) is 20.3. The number of amides is 1. The molecule has 33 heavy (non-hydrogen) atoms. The highest BCUT2D eigenvalue weighted by atomic mass is 35.5. The van der Waals surface area contributed by atoms with E-state index in [4.69, 9.17) is 33.7 Å². The summed E-state index contributed by atoms with van der Waals surface area (Å²) in [7, 11) is 0. The second-order valence-corrected chi connectivity index (χ2v) is 8.27. The number of carbonyl (C=O) groups is 1. The van der Waals surface area contributed by atoms with Crippen molar-refractivity contribution in [1.82, 2.24) is 15.2 Å². The minimum atomic E-state index is -0.0928. The van der Waals surface area contributed by atoms with Crippen LogP contribution in [-0.2, 0) is 6.61 Å². The monoisotopic (exact) mass is 486 g/mol. The minimum Gasteiger partial charge on any atom is -0.485 e. The third-order valence-electron chi connectivity index (χ3n) is 5.40. The SMILES string of the molecule is CCN(CC)CCNC(=O)c1ccc(-c2cnc(N)c(OCc3c(Cl)cccc3Cl)c2)cc1. The first-order valence-electron chi connectivity index (χ1n) is 10.8. The molecule has 0 fully saturated rings.